The number of aromatic nitrogens is 1. The Kier molecular flexibility index (Phi) is 4.81. The number of carbonyl (C=O) groups excluding carboxylic acids is 1. The summed E-state index contributed by atoms with van der Waals surface area (Å²) in [5, 5.41) is 4.13. The zero-order valence-electron chi connectivity index (χ0n) is 15.7. The van der Waals surface area contributed by atoms with Gasteiger partial charge in [0.15, 0.2) is 5.69 Å². The van der Waals surface area contributed by atoms with Gasteiger partial charge in [0.2, 0.25) is 0 Å². The SMILES string of the molecule is Cc1ccccc1CN1CCN(C(=O)c2noc3c2CC(C)CC3)CC1. The van der Waals surface area contributed by atoms with Crippen molar-refractivity contribution in [3.63, 3.8) is 0 Å². The molecule has 5 nitrogen and oxygen atoms in total. The van der Waals surface area contributed by atoms with Crippen LogP contribution in [0.25, 0.3) is 0 Å². The predicted molar refractivity (Wildman–Crippen MR) is 100 cm³/mol. The molecule has 0 N–H and O–H groups in total. The maximum absolute atomic E-state index is 12.9. The number of nitrogens with zero attached hydrogens (tertiary/aromatic N) is 3. The number of fused-ring (bicyclic) bond motifs is 1. The first-order valence-corrected chi connectivity index (χ1v) is 9.65. The van der Waals surface area contributed by atoms with Gasteiger partial charge in [-0.05, 0) is 36.8 Å². The summed E-state index contributed by atoms with van der Waals surface area (Å²) in [5.74, 6) is 1.56. The minimum atomic E-state index is 0.0413. The Morgan fingerprint density at radius 2 is 2.00 bits per heavy atom. The molecule has 0 radical (unpaired) electrons. The van der Waals surface area contributed by atoms with Gasteiger partial charge in [-0.15, -0.1) is 0 Å². The lowest BCUT2D eigenvalue weighted by molar-refractivity contribution is 0.0617. The molecule has 1 aliphatic heterocycles. The number of carbonyl (C=O) groups is 1. The molecule has 1 fully saturated rings. The molecule has 4 rings (SSSR count). The lowest BCUT2D eigenvalue weighted by Crippen LogP contribution is -2.48. The summed E-state index contributed by atoms with van der Waals surface area (Å²) in [6.45, 7) is 8.64. The van der Waals surface area contributed by atoms with Crippen LogP contribution in [0.2, 0.25) is 0 Å². The van der Waals surface area contributed by atoms with Crippen molar-refractivity contribution in [3.8, 4) is 0 Å². The average molecular weight is 353 g/mol. The quantitative estimate of drug-likeness (QED) is 0.851. The van der Waals surface area contributed by atoms with E-state index in [0.29, 0.717) is 11.6 Å². The van der Waals surface area contributed by atoms with Gasteiger partial charge in [-0.3, -0.25) is 9.69 Å². The van der Waals surface area contributed by atoms with Crippen molar-refractivity contribution in [1.29, 1.82) is 0 Å². The fraction of sp³-hybridized carbons (Fsp3) is 0.524. The van der Waals surface area contributed by atoms with Crippen LogP contribution in [0.1, 0.15) is 46.3 Å². The smallest absolute Gasteiger partial charge is 0.276 e. The molecule has 0 saturated carbocycles. The van der Waals surface area contributed by atoms with Crippen LogP contribution in [-0.2, 0) is 19.4 Å². The Labute approximate surface area is 155 Å². The maximum Gasteiger partial charge on any atom is 0.276 e. The first-order chi connectivity index (χ1) is 12.6. The summed E-state index contributed by atoms with van der Waals surface area (Å²) in [4.78, 5) is 17.3. The van der Waals surface area contributed by atoms with Crippen molar-refractivity contribution in [3.05, 3.63) is 52.4 Å². The molecule has 0 spiro atoms. The molecule has 2 aliphatic rings. The Morgan fingerprint density at radius 1 is 1.23 bits per heavy atom. The molecule has 2 heterocycles. The highest BCUT2D eigenvalue weighted by Crippen LogP contribution is 2.28. The van der Waals surface area contributed by atoms with E-state index in [0.717, 1.165) is 63.3 Å². The van der Waals surface area contributed by atoms with E-state index in [1.807, 2.05) is 4.90 Å². The molecule has 1 aliphatic carbocycles. The number of rotatable bonds is 3. The third kappa shape index (κ3) is 3.40. The Morgan fingerprint density at radius 3 is 2.77 bits per heavy atom. The largest absolute Gasteiger partial charge is 0.360 e. The zero-order chi connectivity index (χ0) is 18.1. The van der Waals surface area contributed by atoms with Crippen LogP contribution in [0, 0.1) is 12.8 Å². The van der Waals surface area contributed by atoms with E-state index in [4.69, 9.17) is 4.52 Å². The second-order valence-electron chi connectivity index (χ2n) is 7.78. The highest BCUT2D eigenvalue weighted by Gasteiger charge is 2.31. The van der Waals surface area contributed by atoms with Crippen LogP contribution in [0.5, 0.6) is 0 Å². The third-order valence-corrected chi connectivity index (χ3v) is 5.80. The summed E-state index contributed by atoms with van der Waals surface area (Å²) in [6, 6.07) is 8.52. The van der Waals surface area contributed by atoms with Crippen molar-refractivity contribution in [2.24, 2.45) is 5.92 Å². The molecule has 1 saturated heterocycles. The first kappa shape index (κ1) is 17.3. The standard InChI is InChI=1S/C21H27N3O2/c1-15-7-8-19-18(13-15)20(22-26-19)21(25)24-11-9-23(10-12-24)14-17-6-4-3-5-16(17)2/h3-6,15H,7-14H2,1-2H3. The van der Waals surface area contributed by atoms with Gasteiger partial charge in [-0.25, -0.2) is 0 Å². The fourth-order valence-electron chi connectivity index (χ4n) is 4.03. The molecule has 0 bridgehead atoms. The van der Waals surface area contributed by atoms with Crippen molar-refractivity contribution in [2.45, 2.75) is 39.7 Å². The van der Waals surface area contributed by atoms with Gasteiger partial charge in [0.25, 0.3) is 5.91 Å². The highest BCUT2D eigenvalue weighted by molar-refractivity contribution is 5.94. The normalized spacial score (nSPS) is 20.8. The van der Waals surface area contributed by atoms with Crippen LogP contribution < -0.4 is 0 Å². The van der Waals surface area contributed by atoms with Gasteiger partial charge in [-0.1, -0.05) is 36.3 Å². The molecule has 1 atom stereocenters. The summed E-state index contributed by atoms with van der Waals surface area (Å²) in [6.07, 6.45) is 2.93. The van der Waals surface area contributed by atoms with E-state index in [1.165, 1.54) is 11.1 Å². The van der Waals surface area contributed by atoms with Gasteiger partial charge in [0.1, 0.15) is 5.76 Å². The van der Waals surface area contributed by atoms with Crippen LogP contribution >= 0.6 is 0 Å². The number of piperazine rings is 1. The number of aryl methyl sites for hydroxylation is 2. The van der Waals surface area contributed by atoms with Gasteiger partial charge in [0.05, 0.1) is 0 Å². The van der Waals surface area contributed by atoms with E-state index in [1.54, 1.807) is 0 Å². The second kappa shape index (κ2) is 7.23. The van der Waals surface area contributed by atoms with Gasteiger partial charge < -0.3 is 9.42 Å². The molecule has 2 aromatic rings. The summed E-state index contributed by atoms with van der Waals surface area (Å²) in [5.41, 5.74) is 4.30. The van der Waals surface area contributed by atoms with Gasteiger partial charge >= 0.3 is 0 Å². The number of hydrogen-bond donors (Lipinski definition) is 0. The summed E-state index contributed by atoms with van der Waals surface area (Å²) in [7, 11) is 0. The fourth-order valence-corrected chi connectivity index (χ4v) is 4.03. The molecule has 26 heavy (non-hydrogen) atoms. The van der Waals surface area contributed by atoms with Crippen molar-refractivity contribution in [2.75, 3.05) is 26.2 Å². The number of benzene rings is 1. The van der Waals surface area contributed by atoms with E-state index >= 15 is 0 Å². The Hall–Kier alpha value is -2.14. The molecule has 138 valence electrons. The first-order valence-electron chi connectivity index (χ1n) is 9.65. The topological polar surface area (TPSA) is 49.6 Å². The van der Waals surface area contributed by atoms with Crippen LogP contribution in [0.15, 0.2) is 28.8 Å². The number of hydrogen-bond acceptors (Lipinski definition) is 4. The van der Waals surface area contributed by atoms with Crippen molar-refractivity contribution < 1.29 is 9.32 Å². The summed E-state index contributed by atoms with van der Waals surface area (Å²) >= 11 is 0. The highest BCUT2D eigenvalue weighted by atomic mass is 16.5. The molecular formula is C21H27N3O2. The molecule has 1 aromatic carbocycles. The van der Waals surface area contributed by atoms with Crippen LogP contribution in [0.4, 0.5) is 0 Å². The van der Waals surface area contributed by atoms with Gasteiger partial charge in [-0.2, -0.15) is 0 Å². The lowest BCUT2D eigenvalue weighted by atomic mass is 9.88. The van der Waals surface area contributed by atoms with E-state index in [2.05, 4.69) is 48.2 Å². The summed E-state index contributed by atoms with van der Waals surface area (Å²) < 4.78 is 5.45. The minimum absolute atomic E-state index is 0.0413. The third-order valence-electron chi connectivity index (χ3n) is 5.80. The van der Waals surface area contributed by atoms with Crippen molar-refractivity contribution in [1.82, 2.24) is 15.0 Å². The monoisotopic (exact) mass is 353 g/mol. The zero-order valence-corrected chi connectivity index (χ0v) is 15.7. The average Bonchev–Trinajstić information content (AvgIpc) is 3.06. The Balaban J connectivity index is 1.38. The second-order valence-corrected chi connectivity index (χ2v) is 7.78. The van der Waals surface area contributed by atoms with E-state index in [-0.39, 0.29) is 5.91 Å². The van der Waals surface area contributed by atoms with Crippen LogP contribution in [-0.4, -0.2) is 47.0 Å². The van der Waals surface area contributed by atoms with E-state index < -0.39 is 0 Å². The number of amides is 1. The molecule has 1 amide bonds. The van der Waals surface area contributed by atoms with Gasteiger partial charge in [0, 0.05) is 44.7 Å². The Bertz CT molecular complexity index is 790. The molecule has 5 heteroatoms. The van der Waals surface area contributed by atoms with Crippen molar-refractivity contribution >= 4 is 5.91 Å². The molecule has 1 aromatic heterocycles. The minimum Gasteiger partial charge on any atom is -0.360 e. The van der Waals surface area contributed by atoms with E-state index in [9.17, 15) is 4.79 Å². The maximum atomic E-state index is 12.9. The predicted octanol–water partition coefficient (Wildman–Crippen LogP) is 3.07. The molecule has 1 unspecified atom stereocenters. The van der Waals surface area contributed by atoms with Crippen LogP contribution in [0.3, 0.4) is 0 Å². The molecular weight excluding hydrogens is 326 g/mol. The lowest BCUT2D eigenvalue weighted by Gasteiger charge is -2.34.